The van der Waals surface area contributed by atoms with Crippen molar-refractivity contribution in [2.75, 3.05) is 0 Å². The minimum Gasteiger partial charge on any atom is -0.481 e. The minimum atomic E-state index is -1.17. The summed E-state index contributed by atoms with van der Waals surface area (Å²) in [5.41, 5.74) is 0. The Labute approximate surface area is 149 Å². The Bertz CT molecular complexity index is 239. The second-order valence-corrected chi connectivity index (χ2v) is 6.73. The fourth-order valence-electron chi connectivity index (χ4n) is 2.65. The molecule has 4 nitrogen and oxygen atoms in total. The van der Waals surface area contributed by atoms with E-state index in [0.29, 0.717) is 6.42 Å². The molecule has 0 radical (unpaired) electrons. The molecule has 0 aliphatic heterocycles. The number of carboxylic acids is 1. The number of hydrogen-bond donors (Lipinski definition) is 3. The molecule has 0 spiro atoms. The molecule has 0 aliphatic rings. The van der Waals surface area contributed by atoms with Crippen LogP contribution in [0.15, 0.2) is 0 Å². The van der Waals surface area contributed by atoms with E-state index in [1.165, 1.54) is 90.4 Å². The maximum atomic E-state index is 10.3. The van der Waals surface area contributed by atoms with E-state index in [9.17, 15) is 4.79 Å². The van der Waals surface area contributed by atoms with Gasteiger partial charge in [0.1, 0.15) is 6.29 Å². The zero-order valence-electron chi connectivity index (χ0n) is 16.1. The third-order valence-electron chi connectivity index (χ3n) is 3.99. The summed E-state index contributed by atoms with van der Waals surface area (Å²) in [4.78, 5) is 10.3. The Balaban J connectivity index is 0. The standard InChI is InChI=1S/C18H36O2.C2H6O2/c1-2-3-4-5-6-7-8-9-10-11-12-13-14-15-16-17-18(19)20;1-2(3)4/h2-17H2,1H3,(H,19,20);2-4H,1H3. The molecule has 0 rings (SSSR count). The monoisotopic (exact) mass is 346 g/mol. The lowest BCUT2D eigenvalue weighted by Crippen LogP contribution is -1.93. The van der Waals surface area contributed by atoms with Gasteiger partial charge in [-0.25, -0.2) is 0 Å². The maximum Gasteiger partial charge on any atom is 0.303 e. The van der Waals surface area contributed by atoms with Crippen LogP contribution in [0.3, 0.4) is 0 Å². The number of unbranched alkanes of at least 4 members (excludes halogenated alkanes) is 14. The first-order chi connectivity index (χ1) is 11.5. The fraction of sp³-hybridized carbons (Fsp3) is 0.950. The van der Waals surface area contributed by atoms with Gasteiger partial charge in [-0.3, -0.25) is 4.79 Å². The zero-order chi connectivity index (χ0) is 18.5. The van der Waals surface area contributed by atoms with Crippen LogP contribution in [0.5, 0.6) is 0 Å². The Hall–Kier alpha value is -0.610. The van der Waals surface area contributed by atoms with Crippen LogP contribution in [-0.4, -0.2) is 27.6 Å². The van der Waals surface area contributed by atoms with Gasteiger partial charge in [-0.2, -0.15) is 0 Å². The number of aliphatic hydroxyl groups is 2. The molecule has 0 aromatic heterocycles. The molecule has 0 unspecified atom stereocenters. The normalized spacial score (nSPS) is 10.5. The molecule has 3 N–H and O–H groups in total. The smallest absolute Gasteiger partial charge is 0.303 e. The van der Waals surface area contributed by atoms with Crippen molar-refractivity contribution < 1.29 is 20.1 Å². The Morgan fingerprint density at radius 1 is 0.667 bits per heavy atom. The summed E-state index contributed by atoms with van der Waals surface area (Å²) < 4.78 is 0. The number of hydrogen-bond acceptors (Lipinski definition) is 3. The molecular formula is C20H42O4. The van der Waals surface area contributed by atoms with Gasteiger partial charge < -0.3 is 15.3 Å². The molecule has 4 heteroatoms. The van der Waals surface area contributed by atoms with Crippen LogP contribution in [0, 0.1) is 0 Å². The zero-order valence-corrected chi connectivity index (χ0v) is 16.1. The second-order valence-electron chi connectivity index (χ2n) is 6.73. The molecule has 24 heavy (non-hydrogen) atoms. The van der Waals surface area contributed by atoms with Gasteiger partial charge in [-0.05, 0) is 13.3 Å². The first-order valence-corrected chi connectivity index (χ1v) is 10.1. The number of aliphatic hydroxyl groups excluding tert-OH is 1. The van der Waals surface area contributed by atoms with Crippen LogP contribution in [0.25, 0.3) is 0 Å². The van der Waals surface area contributed by atoms with Crippen molar-refractivity contribution in [1.82, 2.24) is 0 Å². The molecule has 0 heterocycles. The Kier molecular flexibility index (Phi) is 23.9. The second kappa shape index (κ2) is 22.4. The molecule has 146 valence electrons. The van der Waals surface area contributed by atoms with Crippen LogP contribution in [0.2, 0.25) is 0 Å². The van der Waals surface area contributed by atoms with Gasteiger partial charge in [0.2, 0.25) is 0 Å². The Morgan fingerprint density at radius 2 is 0.917 bits per heavy atom. The molecule has 0 aromatic rings. The predicted molar refractivity (Wildman–Crippen MR) is 101 cm³/mol. The molecule has 0 aromatic carbocycles. The summed E-state index contributed by atoms with van der Waals surface area (Å²) in [5.74, 6) is -0.653. The van der Waals surface area contributed by atoms with Crippen molar-refractivity contribution in [3.8, 4) is 0 Å². The van der Waals surface area contributed by atoms with Gasteiger partial charge in [0.25, 0.3) is 0 Å². The minimum absolute atomic E-state index is 0.345. The van der Waals surface area contributed by atoms with Crippen molar-refractivity contribution in [2.24, 2.45) is 0 Å². The van der Waals surface area contributed by atoms with Crippen molar-refractivity contribution in [3.05, 3.63) is 0 Å². The summed E-state index contributed by atoms with van der Waals surface area (Å²) >= 11 is 0. The number of carboxylic acid groups (broad SMARTS) is 1. The quantitative estimate of drug-likeness (QED) is 0.249. The number of carbonyl (C=O) groups is 1. The lowest BCUT2D eigenvalue weighted by atomic mass is 10.0. The first-order valence-electron chi connectivity index (χ1n) is 10.1. The molecule has 0 atom stereocenters. The van der Waals surface area contributed by atoms with Gasteiger partial charge in [-0.1, -0.05) is 96.8 Å². The van der Waals surface area contributed by atoms with Crippen molar-refractivity contribution in [3.63, 3.8) is 0 Å². The third-order valence-corrected chi connectivity index (χ3v) is 3.99. The highest BCUT2D eigenvalue weighted by molar-refractivity contribution is 5.66. The van der Waals surface area contributed by atoms with E-state index in [0.717, 1.165) is 12.8 Å². The lowest BCUT2D eigenvalue weighted by Gasteiger charge is -2.03. The van der Waals surface area contributed by atoms with E-state index < -0.39 is 12.3 Å². The molecule has 0 amide bonds. The summed E-state index contributed by atoms with van der Waals surface area (Å²) in [6, 6.07) is 0. The largest absolute Gasteiger partial charge is 0.481 e. The maximum absolute atomic E-state index is 10.3. The fourth-order valence-corrected chi connectivity index (χ4v) is 2.65. The average molecular weight is 347 g/mol. The van der Waals surface area contributed by atoms with Gasteiger partial charge in [-0.15, -0.1) is 0 Å². The highest BCUT2D eigenvalue weighted by Crippen LogP contribution is 2.13. The molecular weight excluding hydrogens is 304 g/mol. The van der Waals surface area contributed by atoms with Gasteiger partial charge in [0.15, 0.2) is 0 Å². The summed E-state index contributed by atoms with van der Waals surface area (Å²) in [6.45, 7) is 3.55. The van der Waals surface area contributed by atoms with E-state index in [1.807, 2.05) is 0 Å². The predicted octanol–water partition coefficient (Wildman–Crippen LogP) is 5.65. The summed E-state index contributed by atoms with van der Waals surface area (Å²) in [7, 11) is 0. The average Bonchev–Trinajstić information content (AvgIpc) is 2.50. The topological polar surface area (TPSA) is 77.8 Å². The number of rotatable bonds is 16. The van der Waals surface area contributed by atoms with Gasteiger partial charge in [0.05, 0.1) is 0 Å². The lowest BCUT2D eigenvalue weighted by molar-refractivity contribution is -0.137. The van der Waals surface area contributed by atoms with E-state index in [4.69, 9.17) is 15.3 Å². The van der Waals surface area contributed by atoms with E-state index in [1.54, 1.807) is 0 Å². The van der Waals surface area contributed by atoms with E-state index >= 15 is 0 Å². The van der Waals surface area contributed by atoms with E-state index in [2.05, 4.69) is 6.92 Å². The molecule has 0 saturated heterocycles. The van der Waals surface area contributed by atoms with Crippen LogP contribution >= 0.6 is 0 Å². The van der Waals surface area contributed by atoms with Crippen LogP contribution in [0.4, 0.5) is 0 Å². The van der Waals surface area contributed by atoms with Crippen molar-refractivity contribution in [2.45, 2.75) is 123 Å². The van der Waals surface area contributed by atoms with Crippen LogP contribution in [0.1, 0.15) is 117 Å². The molecule has 0 aliphatic carbocycles. The highest BCUT2D eigenvalue weighted by Gasteiger charge is 1.97. The van der Waals surface area contributed by atoms with Crippen molar-refractivity contribution >= 4 is 5.97 Å². The van der Waals surface area contributed by atoms with E-state index in [-0.39, 0.29) is 0 Å². The SMILES string of the molecule is CC(O)O.CCCCCCCCCCCCCCCCCC(=O)O. The van der Waals surface area contributed by atoms with Crippen LogP contribution in [-0.2, 0) is 4.79 Å². The molecule has 0 bridgehead atoms. The van der Waals surface area contributed by atoms with Crippen molar-refractivity contribution in [1.29, 1.82) is 0 Å². The highest BCUT2D eigenvalue weighted by atomic mass is 16.5. The summed E-state index contributed by atoms with van der Waals surface area (Å²) in [6.07, 6.45) is 19.0. The third kappa shape index (κ3) is 33.1. The van der Waals surface area contributed by atoms with Gasteiger partial charge in [0, 0.05) is 6.42 Å². The molecule has 0 saturated carbocycles. The number of aliphatic carboxylic acids is 1. The molecule has 0 fully saturated rings. The first kappa shape index (κ1) is 25.6. The summed E-state index contributed by atoms with van der Waals surface area (Å²) in [5, 5.41) is 23.7. The Morgan fingerprint density at radius 3 is 1.17 bits per heavy atom. The van der Waals surface area contributed by atoms with Crippen LogP contribution < -0.4 is 0 Å². The van der Waals surface area contributed by atoms with Gasteiger partial charge >= 0.3 is 5.97 Å².